The van der Waals surface area contributed by atoms with Crippen molar-refractivity contribution in [1.29, 1.82) is 0 Å². The van der Waals surface area contributed by atoms with Crippen molar-refractivity contribution >= 4 is 11.9 Å². The molecule has 1 rings (SSSR count). The summed E-state index contributed by atoms with van der Waals surface area (Å²) in [4.78, 5) is 22.0. The van der Waals surface area contributed by atoms with E-state index in [1.54, 1.807) is 0 Å². The van der Waals surface area contributed by atoms with E-state index in [9.17, 15) is 9.59 Å². The van der Waals surface area contributed by atoms with Crippen LogP contribution in [0.15, 0.2) is 24.7 Å². The van der Waals surface area contributed by atoms with E-state index in [4.69, 9.17) is 5.11 Å². The number of rotatable bonds is 2. The third-order valence-electron chi connectivity index (χ3n) is 1.70. The molecule has 1 aliphatic heterocycles. The summed E-state index contributed by atoms with van der Waals surface area (Å²) in [5.41, 5.74) is -1.74. The molecule has 13 heavy (non-hydrogen) atoms. The molecule has 0 aromatic carbocycles. The summed E-state index contributed by atoms with van der Waals surface area (Å²) < 4.78 is 9.01. The first-order valence-electron chi connectivity index (χ1n) is 3.46. The zero-order valence-electron chi connectivity index (χ0n) is 6.89. The minimum atomic E-state index is -1.74. The second kappa shape index (κ2) is 3.30. The van der Waals surface area contributed by atoms with Gasteiger partial charge in [-0.1, -0.05) is 0 Å². The topological polar surface area (TPSA) is 72.8 Å². The number of ether oxygens (including phenoxy) is 2. The smallest absolute Gasteiger partial charge is 0.331 e. The van der Waals surface area contributed by atoms with Crippen LogP contribution >= 0.6 is 0 Å². The predicted octanol–water partition coefficient (Wildman–Crippen LogP) is 0.288. The van der Waals surface area contributed by atoms with E-state index in [1.165, 1.54) is 0 Å². The maximum Gasteiger partial charge on any atom is 0.331 e. The Kier molecular flexibility index (Phi) is 2.36. The van der Waals surface area contributed by atoms with Crippen LogP contribution in [0, 0.1) is 5.41 Å². The number of hydrogen-bond acceptors (Lipinski definition) is 4. The fourth-order valence-electron chi connectivity index (χ4n) is 0.929. The summed E-state index contributed by atoms with van der Waals surface area (Å²) in [5, 5.41) is 8.83. The normalized spacial score (nSPS) is 17.6. The quantitative estimate of drug-likeness (QED) is 0.493. The minimum absolute atomic E-state index is 0.851. The molecule has 0 saturated carbocycles. The molecule has 0 radical (unpaired) electrons. The van der Waals surface area contributed by atoms with Crippen LogP contribution in [0.2, 0.25) is 0 Å². The largest absolute Gasteiger partial charge is 0.480 e. The maximum absolute atomic E-state index is 11.2. The van der Waals surface area contributed by atoms with Crippen molar-refractivity contribution in [3.8, 4) is 0 Å². The first-order valence-corrected chi connectivity index (χ1v) is 3.46. The summed E-state index contributed by atoms with van der Waals surface area (Å²) in [7, 11) is 1.13. The highest BCUT2D eigenvalue weighted by Crippen LogP contribution is 2.26. The summed E-state index contributed by atoms with van der Waals surface area (Å²) in [6.45, 7) is 0. The minimum Gasteiger partial charge on any atom is -0.480 e. The molecular formula is C8H8O5. The van der Waals surface area contributed by atoms with Gasteiger partial charge >= 0.3 is 11.9 Å². The highest BCUT2D eigenvalue weighted by molar-refractivity contribution is 6.03. The molecule has 0 aromatic heterocycles. The van der Waals surface area contributed by atoms with Gasteiger partial charge in [0.2, 0.25) is 5.41 Å². The second-order valence-corrected chi connectivity index (χ2v) is 2.41. The van der Waals surface area contributed by atoms with Crippen molar-refractivity contribution in [3.63, 3.8) is 0 Å². The van der Waals surface area contributed by atoms with Crippen molar-refractivity contribution in [1.82, 2.24) is 0 Å². The number of methoxy groups -OCH3 is 1. The average Bonchev–Trinajstić information content (AvgIpc) is 2.17. The lowest BCUT2D eigenvalue weighted by molar-refractivity contribution is -0.159. The number of carboxylic acid groups (broad SMARTS) is 1. The van der Waals surface area contributed by atoms with Crippen LogP contribution < -0.4 is 0 Å². The van der Waals surface area contributed by atoms with Gasteiger partial charge in [-0.05, 0) is 12.2 Å². The first kappa shape index (κ1) is 9.31. The average molecular weight is 184 g/mol. The van der Waals surface area contributed by atoms with Crippen LogP contribution in [0.25, 0.3) is 0 Å². The zero-order valence-corrected chi connectivity index (χ0v) is 6.89. The monoisotopic (exact) mass is 184 g/mol. The zero-order chi connectivity index (χ0) is 9.90. The van der Waals surface area contributed by atoms with Crippen LogP contribution in [0.4, 0.5) is 0 Å². The van der Waals surface area contributed by atoms with Gasteiger partial charge in [0.25, 0.3) is 0 Å². The summed E-state index contributed by atoms with van der Waals surface area (Å²) in [6, 6.07) is 0. The lowest BCUT2D eigenvalue weighted by Crippen LogP contribution is -2.37. The third-order valence-corrected chi connectivity index (χ3v) is 1.70. The van der Waals surface area contributed by atoms with E-state index in [0.29, 0.717) is 0 Å². The van der Waals surface area contributed by atoms with Crippen molar-refractivity contribution < 1.29 is 24.2 Å². The van der Waals surface area contributed by atoms with Gasteiger partial charge in [-0.25, -0.2) is 0 Å². The molecule has 5 nitrogen and oxygen atoms in total. The molecule has 0 amide bonds. The van der Waals surface area contributed by atoms with E-state index in [-0.39, 0.29) is 0 Å². The third kappa shape index (κ3) is 1.40. The van der Waals surface area contributed by atoms with E-state index in [1.807, 2.05) is 0 Å². The second-order valence-electron chi connectivity index (χ2n) is 2.41. The molecular weight excluding hydrogens is 176 g/mol. The van der Waals surface area contributed by atoms with E-state index in [0.717, 1.165) is 31.8 Å². The van der Waals surface area contributed by atoms with Crippen molar-refractivity contribution in [2.75, 3.05) is 7.11 Å². The Bertz CT molecular complexity index is 277. The molecule has 0 unspecified atom stereocenters. The fourth-order valence-corrected chi connectivity index (χ4v) is 0.929. The number of carboxylic acids is 1. The lowest BCUT2D eigenvalue weighted by atomic mass is 9.88. The van der Waals surface area contributed by atoms with Crippen LogP contribution in [0.3, 0.4) is 0 Å². The van der Waals surface area contributed by atoms with Gasteiger partial charge in [-0.3, -0.25) is 9.59 Å². The molecule has 5 heteroatoms. The SMILES string of the molecule is COC(=O)C1(C(=O)O)C=COC=C1. The Morgan fingerprint density at radius 1 is 1.38 bits per heavy atom. The molecule has 70 valence electrons. The van der Waals surface area contributed by atoms with Gasteiger partial charge in [0.05, 0.1) is 19.6 Å². The number of esters is 1. The van der Waals surface area contributed by atoms with Gasteiger partial charge < -0.3 is 14.6 Å². The maximum atomic E-state index is 11.2. The van der Waals surface area contributed by atoms with Gasteiger partial charge in [0, 0.05) is 0 Å². The van der Waals surface area contributed by atoms with Crippen molar-refractivity contribution in [2.45, 2.75) is 0 Å². The molecule has 0 aromatic rings. The summed E-state index contributed by atoms with van der Waals surface area (Å²) in [6.07, 6.45) is 4.51. The lowest BCUT2D eigenvalue weighted by Gasteiger charge is -2.20. The molecule has 0 aliphatic carbocycles. The van der Waals surface area contributed by atoms with Gasteiger partial charge in [-0.15, -0.1) is 0 Å². The van der Waals surface area contributed by atoms with Crippen LogP contribution in [0.5, 0.6) is 0 Å². The molecule has 1 aliphatic rings. The first-order chi connectivity index (χ1) is 6.13. The van der Waals surface area contributed by atoms with Gasteiger partial charge in [0.1, 0.15) is 0 Å². The number of aliphatic carboxylic acids is 1. The Morgan fingerprint density at radius 3 is 2.31 bits per heavy atom. The summed E-state index contributed by atoms with van der Waals surface area (Å²) >= 11 is 0. The highest BCUT2D eigenvalue weighted by Gasteiger charge is 2.44. The number of carbonyl (C=O) groups is 2. The number of carbonyl (C=O) groups excluding carboxylic acids is 1. The van der Waals surface area contributed by atoms with E-state index < -0.39 is 17.4 Å². The Balaban J connectivity index is 3.07. The molecule has 0 fully saturated rings. The van der Waals surface area contributed by atoms with Crippen LogP contribution in [-0.4, -0.2) is 24.2 Å². The van der Waals surface area contributed by atoms with Crippen LogP contribution in [0.1, 0.15) is 0 Å². The Labute approximate surface area is 74.3 Å². The predicted molar refractivity (Wildman–Crippen MR) is 41.4 cm³/mol. The number of hydrogen-bond donors (Lipinski definition) is 1. The van der Waals surface area contributed by atoms with Crippen molar-refractivity contribution in [3.05, 3.63) is 24.7 Å². The fraction of sp³-hybridized carbons (Fsp3) is 0.250. The van der Waals surface area contributed by atoms with E-state index in [2.05, 4.69) is 9.47 Å². The standard InChI is InChI=1S/C8H8O5/c1-12-7(11)8(6(9)10)2-4-13-5-3-8/h2-5H,1H3,(H,9,10). The summed E-state index contributed by atoms with van der Waals surface area (Å²) in [5.74, 6) is -2.15. The van der Waals surface area contributed by atoms with E-state index >= 15 is 0 Å². The molecule has 0 bridgehead atoms. The highest BCUT2D eigenvalue weighted by atomic mass is 16.5. The molecule has 1 N–H and O–H groups in total. The molecule has 0 atom stereocenters. The molecule has 0 spiro atoms. The van der Waals surface area contributed by atoms with Crippen molar-refractivity contribution in [2.24, 2.45) is 5.41 Å². The Morgan fingerprint density at radius 2 is 1.92 bits per heavy atom. The van der Waals surface area contributed by atoms with Gasteiger partial charge in [0.15, 0.2) is 0 Å². The Hall–Kier alpha value is -1.78. The van der Waals surface area contributed by atoms with Crippen LogP contribution in [-0.2, 0) is 19.1 Å². The molecule has 0 saturated heterocycles. The van der Waals surface area contributed by atoms with Gasteiger partial charge in [-0.2, -0.15) is 0 Å². The molecule has 1 heterocycles.